The summed E-state index contributed by atoms with van der Waals surface area (Å²) in [5.41, 5.74) is 1.90. The molecule has 3 heterocycles. The second-order valence-corrected chi connectivity index (χ2v) is 7.17. The second kappa shape index (κ2) is 8.65. The van der Waals surface area contributed by atoms with Crippen LogP contribution >= 0.6 is 0 Å². The third-order valence-electron chi connectivity index (χ3n) is 4.99. The predicted octanol–water partition coefficient (Wildman–Crippen LogP) is 3.84. The quantitative estimate of drug-likeness (QED) is 0.645. The highest BCUT2D eigenvalue weighted by Gasteiger charge is 2.17. The number of hydrogen-bond acceptors (Lipinski definition) is 9. The number of nitriles is 1. The number of anilines is 3. The van der Waals surface area contributed by atoms with Gasteiger partial charge in [0.25, 0.3) is 5.89 Å². The van der Waals surface area contributed by atoms with Crippen LogP contribution in [0.3, 0.4) is 0 Å². The first-order chi connectivity index (χ1) is 14.2. The van der Waals surface area contributed by atoms with Crippen molar-refractivity contribution in [3.05, 3.63) is 36.2 Å². The van der Waals surface area contributed by atoms with Crippen molar-refractivity contribution in [2.45, 2.75) is 39.0 Å². The maximum atomic E-state index is 8.85. The number of nitrogens with zero attached hydrogens (tertiary/aromatic N) is 6. The number of aryl methyl sites for hydroxylation is 1. The van der Waals surface area contributed by atoms with E-state index in [9.17, 15) is 0 Å². The second-order valence-electron chi connectivity index (χ2n) is 7.17. The minimum Gasteiger partial charge on any atom is -0.384 e. The van der Waals surface area contributed by atoms with Gasteiger partial charge < -0.3 is 15.2 Å². The molecule has 9 heteroatoms. The van der Waals surface area contributed by atoms with Gasteiger partial charge in [0.15, 0.2) is 11.5 Å². The first-order valence-electron chi connectivity index (χ1n) is 9.75. The van der Waals surface area contributed by atoms with Gasteiger partial charge in [-0.15, -0.1) is 0 Å². The topological polar surface area (TPSA) is 125 Å². The van der Waals surface area contributed by atoms with Gasteiger partial charge in [-0.05, 0) is 25.7 Å². The third kappa shape index (κ3) is 4.66. The summed E-state index contributed by atoms with van der Waals surface area (Å²) in [6.07, 6.45) is 11.0. The lowest BCUT2D eigenvalue weighted by Gasteiger charge is -2.23. The summed E-state index contributed by atoms with van der Waals surface area (Å²) < 4.78 is 5.35. The normalized spacial score (nSPS) is 14.3. The van der Waals surface area contributed by atoms with Crippen molar-refractivity contribution < 1.29 is 4.52 Å². The van der Waals surface area contributed by atoms with E-state index >= 15 is 0 Å². The summed E-state index contributed by atoms with van der Waals surface area (Å²) in [5.74, 6) is 2.79. The number of rotatable bonds is 6. The van der Waals surface area contributed by atoms with Crippen LogP contribution in [0.1, 0.15) is 43.6 Å². The predicted molar refractivity (Wildman–Crippen MR) is 107 cm³/mol. The van der Waals surface area contributed by atoms with Crippen molar-refractivity contribution in [1.82, 2.24) is 25.1 Å². The molecular formula is C20H22N8O. The van der Waals surface area contributed by atoms with E-state index in [2.05, 4.69) is 35.7 Å². The number of aromatic nitrogens is 5. The van der Waals surface area contributed by atoms with E-state index in [1.165, 1.54) is 44.5 Å². The summed E-state index contributed by atoms with van der Waals surface area (Å²) >= 11 is 0. The Labute approximate surface area is 168 Å². The molecule has 1 aliphatic rings. The van der Waals surface area contributed by atoms with E-state index in [0.717, 1.165) is 17.8 Å². The third-order valence-corrected chi connectivity index (χ3v) is 4.99. The van der Waals surface area contributed by atoms with Crippen molar-refractivity contribution in [3.8, 4) is 17.5 Å². The fourth-order valence-corrected chi connectivity index (χ4v) is 3.47. The summed E-state index contributed by atoms with van der Waals surface area (Å²) in [7, 11) is 0. The van der Waals surface area contributed by atoms with Gasteiger partial charge in [-0.25, -0.2) is 15.0 Å². The Bertz CT molecular complexity index is 1000. The summed E-state index contributed by atoms with van der Waals surface area (Å²) in [5, 5.41) is 19.4. The zero-order chi connectivity index (χ0) is 20.1. The fraction of sp³-hybridized carbons (Fsp3) is 0.400. The maximum absolute atomic E-state index is 8.85. The minimum atomic E-state index is 0.264. The van der Waals surface area contributed by atoms with Crippen LogP contribution in [0.25, 0.3) is 11.5 Å². The van der Waals surface area contributed by atoms with Gasteiger partial charge in [0.2, 0.25) is 0 Å². The van der Waals surface area contributed by atoms with Gasteiger partial charge >= 0.3 is 0 Å². The molecule has 0 amide bonds. The molecule has 1 saturated carbocycles. The summed E-state index contributed by atoms with van der Waals surface area (Å²) in [6.45, 7) is 2.68. The molecule has 3 aromatic heterocycles. The molecule has 29 heavy (non-hydrogen) atoms. The van der Waals surface area contributed by atoms with Crippen LogP contribution in [0, 0.1) is 24.2 Å². The van der Waals surface area contributed by atoms with Crippen LogP contribution in [-0.2, 0) is 0 Å². The molecule has 0 spiro atoms. The molecule has 9 nitrogen and oxygen atoms in total. The molecule has 0 aromatic carbocycles. The molecule has 4 rings (SSSR count). The van der Waals surface area contributed by atoms with Crippen molar-refractivity contribution in [1.29, 1.82) is 5.26 Å². The van der Waals surface area contributed by atoms with Crippen LogP contribution in [-0.4, -0.2) is 31.6 Å². The number of hydrogen-bond donors (Lipinski definition) is 2. The van der Waals surface area contributed by atoms with Gasteiger partial charge in [0.1, 0.15) is 17.7 Å². The Balaban J connectivity index is 1.57. The van der Waals surface area contributed by atoms with Crippen LogP contribution in [0.5, 0.6) is 0 Å². The van der Waals surface area contributed by atoms with Crippen LogP contribution in [0.2, 0.25) is 0 Å². The van der Waals surface area contributed by atoms with E-state index in [1.54, 1.807) is 13.1 Å². The van der Waals surface area contributed by atoms with E-state index in [0.29, 0.717) is 29.3 Å². The van der Waals surface area contributed by atoms with Crippen molar-refractivity contribution in [2.24, 2.45) is 5.92 Å². The first-order valence-corrected chi connectivity index (χ1v) is 9.75. The Morgan fingerprint density at radius 1 is 1.10 bits per heavy atom. The molecule has 0 saturated heterocycles. The summed E-state index contributed by atoms with van der Waals surface area (Å²) in [6, 6.07) is 3.85. The summed E-state index contributed by atoms with van der Waals surface area (Å²) in [4.78, 5) is 17.0. The number of pyridine rings is 1. The molecule has 0 unspecified atom stereocenters. The number of nitrogens with one attached hydrogen (secondary N) is 2. The van der Waals surface area contributed by atoms with Crippen molar-refractivity contribution in [3.63, 3.8) is 0 Å². The van der Waals surface area contributed by atoms with Crippen LogP contribution < -0.4 is 10.6 Å². The molecule has 2 N–H and O–H groups in total. The molecule has 0 radical (unpaired) electrons. The van der Waals surface area contributed by atoms with E-state index in [-0.39, 0.29) is 5.69 Å². The lowest BCUT2D eigenvalue weighted by molar-refractivity contribution is 0.373. The smallest absolute Gasteiger partial charge is 0.261 e. The average Bonchev–Trinajstić information content (AvgIpc) is 3.20. The fourth-order valence-electron chi connectivity index (χ4n) is 3.47. The van der Waals surface area contributed by atoms with E-state index in [1.807, 2.05) is 12.1 Å². The van der Waals surface area contributed by atoms with Gasteiger partial charge in [0, 0.05) is 18.8 Å². The monoisotopic (exact) mass is 390 g/mol. The molecule has 1 fully saturated rings. The zero-order valence-corrected chi connectivity index (χ0v) is 16.2. The van der Waals surface area contributed by atoms with Gasteiger partial charge in [-0.1, -0.05) is 24.4 Å². The standard InChI is InChI=1S/C20H22N8O/c1-13-26-20(29-28-13)16-11-25-18(27-19-12-22-15(8-21)10-24-19)7-17(16)23-9-14-5-3-2-4-6-14/h7,10-12,14H,2-6,9H2,1H3,(H2,23,24,25,27). The molecular weight excluding hydrogens is 368 g/mol. The SMILES string of the molecule is Cc1noc(-c2cnc(Nc3cnc(C#N)cn3)cc2NCC2CCCCC2)n1. The van der Waals surface area contributed by atoms with Gasteiger partial charge in [-0.3, -0.25) is 0 Å². The van der Waals surface area contributed by atoms with Gasteiger partial charge in [0.05, 0.1) is 23.6 Å². The Kier molecular flexibility index (Phi) is 5.61. The van der Waals surface area contributed by atoms with Crippen LogP contribution in [0.15, 0.2) is 29.2 Å². The highest BCUT2D eigenvalue weighted by Crippen LogP contribution is 2.30. The molecule has 0 bridgehead atoms. The Morgan fingerprint density at radius 3 is 2.62 bits per heavy atom. The van der Waals surface area contributed by atoms with E-state index < -0.39 is 0 Å². The minimum absolute atomic E-state index is 0.264. The lowest BCUT2D eigenvalue weighted by atomic mass is 9.89. The van der Waals surface area contributed by atoms with Crippen molar-refractivity contribution >= 4 is 17.3 Å². The van der Waals surface area contributed by atoms with Crippen molar-refractivity contribution in [2.75, 3.05) is 17.2 Å². The molecule has 3 aromatic rings. The maximum Gasteiger partial charge on any atom is 0.261 e. The molecule has 0 aliphatic heterocycles. The van der Waals surface area contributed by atoms with Crippen LogP contribution in [0.4, 0.5) is 17.3 Å². The zero-order valence-electron chi connectivity index (χ0n) is 16.2. The first kappa shape index (κ1) is 18.8. The van der Waals surface area contributed by atoms with Gasteiger partial charge in [-0.2, -0.15) is 10.2 Å². The highest BCUT2D eigenvalue weighted by molar-refractivity contribution is 5.75. The Hall–Kier alpha value is -3.54. The molecule has 148 valence electrons. The lowest BCUT2D eigenvalue weighted by Crippen LogP contribution is -2.17. The average molecular weight is 390 g/mol. The Morgan fingerprint density at radius 2 is 1.93 bits per heavy atom. The molecule has 1 aliphatic carbocycles. The van der Waals surface area contributed by atoms with E-state index in [4.69, 9.17) is 9.78 Å². The largest absolute Gasteiger partial charge is 0.384 e. The highest BCUT2D eigenvalue weighted by atomic mass is 16.5. The molecule has 0 atom stereocenters.